The number of carbonyl (C=O) groups is 1. The highest BCUT2D eigenvalue weighted by Crippen LogP contribution is 2.16. The molecule has 1 aliphatic rings. The lowest BCUT2D eigenvalue weighted by atomic mass is 10.0. The molecule has 1 saturated heterocycles. The van der Waals surface area contributed by atoms with Gasteiger partial charge in [0, 0.05) is 5.69 Å². The Morgan fingerprint density at radius 3 is 2.24 bits per heavy atom. The SMILES string of the molecule is Nc1ccc(Cc2ccc(OCCOC3CN(C(=O)O)C3)cc2)cc1. The van der Waals surface area contributed by atoms with Crippen molar-refractivity contribution in [2.75, 3.05) is 32.0 Å². The molecular formula is C19H22N2O4. The number of rotatable bonds is 7. The van der Waals surface area contributed by atoms with Crippen LogP contribution >= 0.6 is 0 Å². The van der Waals surface area contributed by atoms with Crippen molar-refractivity contribution in [2.45, 2.75) is 12.5 Å². The third-order valence-electron chi connectivity index (χ3n) is 4.14. The van der Waals surface area contributed by atoms with Gasteiger partial charge in [-0.2, -0.15) is 0 Å². The van der Waals surface area contributed by atoms with Crippen LogP contribution in [0.5, 0.6) is 5.75 Å². The molecule has 1 aliphatic heterocycles. The van der Waals surface area contributed by atoms with Crippen molar-refractivity contribution < 1.29 is 19.4 Å². The summed E-state index contributed by atoms with van der Waals surface area (Å²) in [7, 11) is 0. The smallest absolute Gasteiger partial charge is 0.407 e. The minimum atomic E-state index is -0.893. The summed E-state index contributed by atoms with van der Waals surface area (Å²) in [6.45, 7) is 1.77. The van der Waals surface area contributed by atoms with Crippen molar-refractivity contribution in [3.05, 3.63) is 59.7 Å². The fourth-order valence-corrected chi connectivity index (χ4v) is 2.65. The first-order valence-electron chi connectivity index (χ1n) is 8.26. The molecule has 0 saturated carbocycles. The van der Waals surface area contributed by atoms with E-state index in [2.05, 4.69) is 0 Å². The number of hydrogen-bond donors (Lipinski definition) is 2. The molecule has 3 N–H and O–H groups in total. The first kappa shape index (κ1) is 17.1. The highest BCUT2D eigenvalue weighted by atomic mass is 16.5. The number of anilines is 1. The Balaban J connectivity index is 1.36. The zero-order valence-corrected chi connectivity index (χ0v) is 13.9. The highest BCUT2D eigenvalue weighted by Gasteiger charge is 2.30. The molecule has 132 valence electrons. The monoisotopic (exact) mass is 342 g/mol. The van der Waals surface area contributed by atoms with Gasteiger partial charge in [-0.25, -0.2) is 4.79 Å². The molecular weight excluding hydrogens is 320 g/mol. The summed E-state index contributed by atoms with van der Waals surface area (Å²) in [5.41, 5.74) is 8.88. The van der Waals surface area contributed by atoms with Crippen LogP contribution in [0.25, 0.3) is 0 Å². The number of ether oxygens (including phenoxy) is 2. The maximum atomic E-state index is 10.6. The van der Waals surface area contributed by atoms with Crippen LogP contribution in [0.15, 0.2) is 48.5 Å². The molecule has 25 heavy (non-hydrogen) atoms. The van der Waals surface area contributed by atoms with Crippen molar-refractivity contribution in [3.8, 4) is 5.75 Å². The van der Waals surface area contributed by atoms with Gasteiger partial charge in [-0.05, 0) is 41.8 Å². The van der Waals surface area contributed by atoms with Crippen molar-refractivity contribution in [3.63, 3.8) is 0 Å². The van der Waals surface area contributed by atoms with E-state index in [1.807, 2.05) is 48.5 Å². The van der Waals surface area contributed by atoms with E-state index >= 15 is 0 Å². The molecule has 0 atom stereocenters. The van der Waals surface area contributed by atoms with Crippen molar-refractivity contribution >= 4 is 11.8 Å². The van der Waals surface area contributed by atoms with Gasteiger partial charge in [0.25, 0.3) is 0 Å². The molecule has 6 nitrogen and oxygen atoms in total. The van der Waals surface area contributed by atoms with E-state index in [0.29, 0.717) is 26.3 Å². The van der Waals surface area contributed by atoms with Gasteiger partial charge >= 0.3 is 6.09 Å². The maximum absolute atomic E-state index is 10.6. The third-order valence-corrected chi connectivity index (χ3v) is 4.14. The maximum Gasteiger partial charge on any atom is 0.407 e. The number of benzene rings is 2. The van der Waals surface area contributed by atoms with E-state index < -0.39 is 6.09 Å². The summed E-state index contributed by atoms with van der Waals surface area (Å²) >= 11 is 0. The first-order valence-corrected chi connectivity index (χ1v) is 8.26. The van der Waals surface area contributed by atoms with E-state index in [-0.39, 0.29) is 6.10 Å². The molecule has 6 heteroatoms. The molecule has 0 unspecified atom stereocenters. The van der Waals surface area contributed by atoms with Gasteiger partial charge in [0.05, 0.1) is 25.8 Å². The van der Waals surface area contributed by atoms with Gasteiger partial charge < -0.3 is 25.2 Å². The van der Waals surface area contributed by atoms with Crippen LogP contribution in [-0.4, -0.2) is 48.5 Å². The molecule has 0 aliphatic carbocycles. The molecule has 0 aromatic heterocycles. The zero-order valence-electron chi connectivity index (χ0n) is 13.9. The second kappa shape index (κ2) is 7.90. The lowest BCUT2D eigenvalue weighted by molar-refractivity contribution is -0.0513. The Morgan fingerprint density at radius 2 is 1.64 bits per heavy atom. The lowest BCUT2D eigenvalue weighted by Crippen LogP contribution is -2.54. The predicted molar refractivity (Wildman–Crippen MR) is 94.9 cm³/mol. The van der Waals surface area contributed by atoms with Crippen LogP contribution in [-0.2, 0) is 11.2 Å². The van der Waals surface area contributed by atoms with Crippen molar-refractivity contribution in [2.24, 2.45) is 0 Å². The fourth-order valence-electron chi connectivity index (χ4n) is 2.65. The number of likely N-dealkylation sites (tertiary alicyclic amines) is 1. The number of nitrogens with zero attached hydrogens (tertiary/aromatic N) is 1. The van der Waals surface area contributed by atoms with Gasteiger partial charge in [-0.1, -0.05) is 24.3 Å². The molecule has 3 rings (SSSR count). The second-order valence-corrected chi connectivity index (χ2v) is 6.09. The van der Waals surface area contributed by atoms with E-state index in [1.165, 1.54) is 16.0 Å². The van der Waals surface area contributed by atoms with Gasteiger partial charge in [-0.3, -0.25) is 0 Å². The molecule has 0 bridgehead atoms. The summed E-state index contributed by atoms with van der Waals surface area (Å²) in [6, 6.07) is 15.9. The van der Waals surface area contributed by atoms with Crippen LogP contribution in [0.1, 0.15) is 11.1 Å². The average molecular weight is 342 g/mol. The first-order chi connectivity index (χ1) is 12.1. The van der Waals surface area contributed by atoms with E-state index in [4.69, 9.17) is 20.3 Å². The number of carboxylic acid groups (broad SMARTS) is 1. The molecule has 0 spiro atoms. The number of hydrogen-bond acceptors (Lipinski definition) is 4. The van der Waals surface area contributed by atoms with Crippen molar-refractivity contribution in [1.29, 1.82) is 0 Å². The quantitative estimate of drug-likeness (QED) is 0.597. The molecule has 2 aromatic carbocycles. The predicted octanol–water partition coefficient (Wildman–Crippen LogP) is 2.62. The Labute approximate surface area is 146 Å². The largest absolute Gasteiger partial charge is 0.491 e. The summed E-state index contributed by atoms with van der Waals surface area (Å²) in [4.78, 5) is 12.0. The minimum absolute atomic E-state index is 0.0121. The minimum Gasteiger partial charge on any atom is -0.491 e. The van der Waals surface area contributed by atoms with Gasteiger partial charge in [0.15, 0.2) is 0 Å². The topological polar surface area (TPSA) is 85.0 Å². The zero-order chi connectivity index (χ0) is 17.6. The number of amides is 1. The average Bonchev–Trinajstić information content (AvgIpc) is 2.56. The van der Waals surface area contributed by atoms with Crippen LogP contribution in [0, 0.1) is 0 Å². The normalized spacial score (nSPS) is 14.2. The van der Waals surface area contributed by atoms with Gasteiger partial charge in [0.2, 0.25) is 0 Å². The van der Waals surface area contributed by atoms with Gasteiger partial charge in [0.1, 0.15) is 12.4 Å². The number of nitrogens with two attached hydrogens (primary N) is 1. The summed E-state index contributed by atoms with van der Waals surface area (Å²) in [5.74, 6) is 0.797. The van der Waals surface area contributed by atoms with Crippen LogP contribution < -0.4 is 10.5 Å². The molecule has 1 heterocycles. The molecule has 2 aromatic rings. The van der Waals surface area contributed by atoms with E-state index in [0.717, 1.165) is 17.9 Å². The third kappa shape index (κ3) is 4.87. The summed E-state index contributed by atoms with van der Waals surface area (Å²) < 4.78 is 11.2. The Hall–Kier alpha value is -2.73. The Bertz CT molecular complexity index is 694. The Morgan fingerprint density at radius 1 is 1.04 bits per heavy atom. The van der Waals surface area contributed by atoms with Crippen LogP contribution in [0.3, 0.4) is 0 Å². The standard InChI is InChI=1S/C19H22N2O4/c20-16-5-1-14(2-6-16)11-15-3-7-17(8-4-15)24-9-10-25-18-12-21(13-18)19(22)23/h1-8,18H,9-13,20H2,(H,22,23). The molecule has 1 amide bonds. The van der Waals surface area contributed by atoms with Crippen molar-refractivity contribution in [1.82, 2.24) is 4.90 Å². The second-order valence-electron chi connectivity index (χ2n) is 6.09. The van der Waals surface area contributed by atoms with Crippen LogP contribution in [0.4, 0.5) is 10.5 Å². The lowest BCUT2D eigenvalue weighted by Gasteiger charge is -2.36. The molecule has 1 fully saturated rings. The van der Waals surface area contributed by atoms with Crippen LogP contribution in [0.2, 0.25) is 0 Å². The van der Waals surface area contributed by atoms with E-state index in [1.54, 1.807) is 0 Å². The Kier molecular flexibility index (Phi) is 5.40. The van der Waals surface area contributed by atoms with Gasteiger partial charge in [-0.15, -0.1) is 0 Å². The number of nitrogen functional groups attached to an aromatic ring is 1. The highest BCUT2D eigenvalue weighted by molar-refractivity contribution is 5.66. The fraction of sp³-hybridized carbons (Fsp3) is 0.316. The molecule has 0 radical (unpaired) electrons. The summed E-state index contributed by atoms with van der Waals surface area (Å²) in [6.07, 6.45) is -0.0528. The van der Waals surface area contributed by atoms with E-state index in [9.17, 15) is 4.79 Å². The summed E-state index contributed by atoms with van der Waals surface area (Å²) in [5, 5.41) is 8.74.